The summed E-state index contributed by atoms with van der Waals surface area (Å²) in [7, 11) is 3.26. The maximum absolute atomic E-state index is 5.95. The van der Waals surface area contributed by atoms with E-state index in [2.05, 4.69) is 9.97 Å². The molecule has 6 heteroatoms. The molecule has 0 saturated heterocycles. The zero-order valence-electron chi connectivity index (χ0n) is 13.0. The minimum Gasteiger partial charge on any atom is -0.493 e. The van der Waals surface area contributed by atoms with Crippen LogP contribution in [-0.2, 0) is 6.42 Å². The molecule has 0 amide bonds. The van der Waals surface area contributed by atoms with Crippen LogP contribution in [0.4, 0.5) is 11.8 Å². The molecule has 0 aliphatic carbocycles. The van der Waals surface area contributed by atoms with Crippen LogP contribution in [0.3, 0.4) is 0 Å². The number of aromatic nitrogens is 2. The van der Waals surface area contributed by atoms with Crippen LogP contribution in [0.2, 0.25) is 0 Å². The fourth-order valence-electron chi connectivity index (χ4n) is 2.68. The van der Waals surface area contributed by atoms with Crippen molar-refractivity contribution in [2.75, 3.05) is 25.7 Å². The van der Waals surface area contributed by atoms with E-state index in [4.69, 9.17) is 20.9 Å². The smallest absolute Gasteiger partial charge is 0.221 e. The maximum Gasteiger partial charge on any atom is 0.221 e. The average molecular weight is 310 g/mol. The first-order valence-electron chi connectivity index (χ1n) is 7.13. The van der Waals surface area contributed by atoms with E-state index >= 15 is 0 Å². The Morgan fingerprint density at radius 3 is 2.39 bits per heavy atom. The summed E-state index contributed by atoms with van der Waals surface area (Å²) in [5.41, 5.74) is 13.4. The summed E-state index contributed by atoms with van der Waals surface area (Å²) in [6.07, 6.45) is 2.23. The quantitative estimate of drug-likeness (QED) is 0.768. The fraction of sp³-hybridized carbons (Fsp3) is 0.176. The summed E-state index contributed by atoms with van der Waals surface area (Å²) in [4.78, 5) is 8.04. The van der Waals surface area contributed by atoms with Crippen molar-refractivity contribution in [3.05, 3.63) is 47.7 Å². The summed E-state index contributed by atoms with van der Waals surface area (Å²) < 4.78 is 11.0. The molecule has 0 atom stereocenters. The predicted octanol–water partition coefficient (Wildman–Crippen LogP) is 2.40. The normalized spacial score (nSPS) is 10.7. The molecule has 0 aliphatic rings. The number of nitrogens with two attached hydrogens (primary N) is 2. The van der Waals surface area contributed by atoms with Gasteiger partial charge in [-0.2, -0.15) is 4.98 Å². The standard InChI is InChI=1S/C17H18N4O2/c1-22-14-8-10(7-11-9-20-17(19)21-16(11)18)12-5-3-4-6-13(12)15(14)23-2/h3-6,8-9H,7H2,1-2H3,(H4,18,19,20,21). The highest BCUT2D eigenvalue weighted by Crippen LogP contribution is 2.38. The van der Waals surface area contributed by atoms with Crippen LogP contribution >= 0.6 is 0 Å². The molecule has 0 saturated carbocycles. The van der Waals surface area contributed by atoms with Gasteiger partial charge in [-0.25, -0.2) is 4.98 Å². The van der Waals surface area contributed by atoms with Crippen molar-refractivity contribution in [3.63, 3.8) is 0 Å². The summed E-state index contributed by atoms with van der Waals surface area (Å²) >= 11 is 0. The first-order chi connectivity index (χ1) is 11.1. The number of hydrogen-bond acceptors (Lipinski definition) is 6. The Hall–Kier alpha value is -3.02. The highest BCUT2D eigenvalue weighted by atomic mass is 16.5. The molecule has 23 heavy (non-hydrogen) atoms. The SMILES string of the molecule is COc1cc(Cc2cnc(N)nc2N)c2ccccc2c1OC. The molecular formula is C17H18N4O2. The Bertz CT molecular complexity index is 865. The van der Waals surface area contributed by atoms with Crippen molar-refractivity contribution < 1.29 is 9.47 Å². The molecule has 3 rings (SSSR count). The molecule has 118 valence electrons. The van der Waals surface area contributed by atoms with Gasteiger partial charge in [-0.1, -0.05) is 24.3 Å². The molecular weight excluding hydrogens is 292 g/mol. The third-order valence-electron chi connectivity index (χ3n) is 3.77. The molecule has 1 aromatic heterocycles. The molecule has 0 aliphatic heterocycles. The van der Waals surface area contributed by atoms with Crippen molar-refractivity contribution >= 4 is 22.5 Å². The Kier molecular flexibility index (Phi) is 3.89. The van der Waals surface area contributed by atoms with Crippen LogP contribution in [0.1, 0.15) is 11.1 Å². The minimum absolute atomic E-state index is 0.170. The second kappa shape index (κ2) is 6.00. The van der Waals surface area contributed by atoms with Crippen molar-refractivity contribution in [2.45, 2.75) is 6.42 Å². The molecule has 0 unspecified atom stereocenters. The average Bonchev–Trinajstić information content (AvgIpc) is 2.56. The first-order valence-corrected chi connectivity index (χ1v) is 7.13. The third kappa shape index (κ3) is 2.70. The number of hydrogen-bond donors (Lipinski definition) is 2. The zero-order chi connectivity index (χ0) is 16.4. The molecule has 3 aromatic rings. The second-order valence-corrected chi connectivity index (χ2v) is 5.13. The number of methoxy groups -OCH3 is 2. The lowest BCUT2D eigenvalue weighted by molar-refractivity contribution is 0.358. The largest absolute Gasteiger partial charge is 0.493 e. The second-order valence-electron chi connectivity index (χ2n) is 5.13. The van der Waals surface area contributed by atoms with Crippen molar-refractivity contribution in [1.29, 1.82) is 0 Å². The van der Waals surface area contributed by atoms with E-state index < -0.39 is 0 Å². The van der Waals surface area contributed by atoms with Gasteiger partial charge in [0.2, 0.25) is 5.95 Å². The van der Waals surface area contributed by atoms with E-state index in [1.165, 1.54) is 0 Å². The lowest BCUT2D eigenvalue weighted by atomic mass is 9.98. The van der Waals surface area contributed by atoms with Crippen LogP contribution < -0.4 is 20.9 Å². The fourth-order valence-corrected chi connectivity index (χ4v) is 2.68. The van der Waals surface area contributed by atoms with Gasteiger partial charge in [0.05, 0.1) is 14.2 Å². The van der Waals surface area contributed by atoms with Crippen LogP contribution in [0.15, 0.2) is 36.5 Å². The summed E-state index contributed by atoms with van der Waals surface area (Å²) in [5, 5.41) is 2.06. The van der Waals surface area contributed by atoms with Gasteiger partial charge in [0.1, 0.15) is 5.82 Å². The van der Waals surface area contributed by atoms with Crippen LogP contribution in [-0.4, -0.2) is 24.2 Å². The zero-order valence-corrected chi connectivity index (χ0v) is 13.0. The minimum atomic E-state index is 0.170. The molecule has 0 spiro atoms. The summed E-state index contributed by atoms with van der Waals surface area (Å²) in [5.74, 6) is 1.95. The van der Waals surface area contributed by atoms with Gasteiger partial charge in [-0.15, -0.1) is 0 Å². The van der Waals surface area contributed by atoms with Gasteiger partial charge in [-0.3, -0.25) is 0 Å². The molecule has 0 radical (unpaired) electrons. The van der Waals surface area contributed by atoms with Gasteiger partial charge in [0, 0.05) is 23.6 Å². The van der Waals surface area contributed by atoms with E-state index in [0.29, 0.717) is 23.7 Å². The topological polar surface area (TPSA) is 96.3 Å². The van der Waals surface area contributed by atoms with Gasteiger partial charge in [0.15, 0.2) is 11.5 Å². The van der Waals surface area contributed by atoms with Crippen LogP contribution in [0.25, 0.3) is 10.8 Å². The van der Waals surface area contributed by atoms with Crippen LogP contribution in [0.5, 0.6) is 11.5 Å². The van der Waals surface area contributed by atoms with E-state index in [1.54, 1.807) is 20.4 Å². The van der Waals surface area contributed by atoms with Gasteiger partial charge < -0.3 is 20.9 Å². The number of rotatable bonds is 4. The van der Waals surface area contributed by atoms with E-state index in [-0.39, 0.29) is 5.95 Å². The number of ether oxygens (including phenoxy) is 2. The van der Waals surface area contributed by atoms with Crippen molar-refractivity contribution in [1.82, 2.24) is 9.97 Å². The number of nitrogens with zero attached hydrogens (tertiary/aromatic N) is 2. The van der Waals surface area contributed by atoms with Gasteiger partial charge >= 0.3 is 0 Å². The molecule has 0 fully saturated rings. The number of fused-ring (bicyclic) bond motifs is 1. The van der Waals surface area contributed by atoms with Crippen LogP contribution in [0, 0.1) is 0 Å². The van der Waals surface area contributed by atoms with Gasteiger partial charge in [0.25, 0.3) is 0 Å². The maximum atomic E-state index is 5.95. The van der Waals surface area contributed by atoms with Crippen molar-refractivity contribution in [3.8, 4) is 11.5 Å². The Balaban J connectivity index is 2.17. The number of nitrogen functional groups attached to an aromatic ring is 2. The summed E-state index contributed by atoms with van der Waals surface area (Å²) in [6.45, 7) is 0. The van der Waals surface area contributed by atoms with E-state index in [0.717, 1.165) is 21.9 Å². The highest BCUT2D eigenvalue weighted by molar-refractivity contribution is 5.93. The highest BCUT2D eigenvalue weighted by Gasteiger charge is 2.14. The third-order valence-corrected chi connectivity index (χ3v) is 3.77. The Morgan fingerprint density at radius 1 is 1.00 bits per heavy atom. The molecule has 6 nitrogen and oxygen atoms in total. The molecule has 1 heterocycles. The number of benzene rings is 2. The van der Waals surface area contributed by atoms with Crippen molar-refractivity contribution in [2.24, 2.45) is 0 Å². The lowest BCUT2D eigenvalue weighted by Gasteiger charge is -2.15. The van der Waals surface area contributed by atoms with Gasteiger partial charge in [-0.05, 0) is 17.0 Å². The number of anilines is 2. The predicted molar refractivity (Wildman–Crippen MR) is 90.7 cm³/mol. The summed E-state index contributed by atoms with van der Waals surface area (Å²) in [6, 6.07) is 9.95. The Labute approximate surface area is 134 Å². The molecule has 2 aromatic carbocycles. The molecule has 0 bridgehead atoms. The van der Waals surface area contributed by atoms with E-state index in [9.17, 15) is 0 Å². The van der Waals surface area contributed by atoms with E-state index in [1.807, 2.05) is 30.3 Å². The molecule has 4 N–H and O–H groups in total. The Morgan fingerprint density at radius 2 is 1.74 bits per heavy atom. The lowest BCUT2D eigenvalue weighted by Crippen LogP contribution is -2.04. The first kappa shape index (κ1) is 14.9. The monoisotopic (exact) mass is 310 g/mol.